The topological polar surface area (TPSA) is 58.4 Å². The highest BCUT2D eigenvalue weighted by Gasteiger charge is 2.37. The third-order valence-electron chi connectivity index (χ3n) is 4.55. The van der Waals surface area contributed by atoms with Crippen LogP contribution in [-0.4, -0.2) is 23.4 Å². The highest BCUT2D eigenvalue weighted by molar-refractivity contribution is 5.94. The molecule has 1 aliphatic carbocycles. The van der Waals surface area contributed by atoms with E-state index in [1.54, 1.807) is 0 Å². The maximum absolute atomic E-state index is 12.6. The Morgan fingerprint density at radius 3 is 2.63 bits per heavy atom. The average molecular weight is 259 g/mol. The maximum Gasteiger partial charge on any atom is 0.254 e. The van der Waals surface area contributed by atoms with E-state index in [0.717, 1.165) is 30.1 Å². The van der Waals surface area contributed by atoms with Gasteiger partial charge >= 0.3 is 0 Å². The van der Waals surface area contributed by atoms with Gasteiger partial charge in [-0.3, -0.25) is 10.6 Å². The number of hydrogen-bond acceptors (Lipinski definition) is 3. The van der Waals surface area contributed by atoms with Gasteiger partial charge in [-0.2, -0.15) is 0 Å². The van der Waals surface area contributed by atoms with E-state index < -0.39 is 0 Å². The van der Waals surface area contributed by atoms with E-state index in [1.807, 2.05) is 24.3 Å². The van der Waals surface area contributed by atoms with Crippen LogP contribution in [0.5, 0.6) is 0 Å². The van der Waals surface area contributed by atoms with Crippen molar-refractivity contribution < 1.29 is 4.79 Å². The number of hydrazine groups is 1. The molecule has 1 heterocycles. The minimum atomic E-state index is 0.181. The number of hydrogen-bond donors (Lipinski definition) is 2. The molecular weight excluding hydrogens is 238 g/mol. The molecule has 3 N–H and O–H groups in total. The SMILES string of the molecule is NNc1ccc(C(=O)N2CCCC3CCCC32)cc1. The predicted octanol–water partition coefficient (Wildman–Crippen LogP) is 2.38. The molecule has 2 fully saturated rings. The normalized spacial score (nSPS) is 26.1. The van der Waals surface area contributed by atoms with Gasteiger partial charge in [-0.05, 0) is 55.9 Å². The molecule has 102 valence electrons. The molecule has 1 aliphatic heterocycles. The van der Waals surface area contributed by atoms with Crippen LogP contribution in [0.3, 0.4) is 0 Å². The van der Waals surface area contributed by atoms with E-state index in [-0.39, 0.29) is 5.91 Å². The van der Waals surface area contributed by atoms with Crippen LogP contribution in [-0.2, 0) is 0 Å². The van der Waals surface area contributed by atoms with Gasteiger partial charge in [0.25, 0.3) is 5.91 Å². The van der Waals surface area contributed by atoms with Crippen molar-refractivity contribution in [2.75, 3.05) is 12.0 Å². The minimum absolute atomic E-state index is 0.181. The zero-order valence-corrected chi connectivity index (χ0v) is 11.1. The number of nitrogens with zero attached hydrogens (tertiary/aromatic N) is 1. The van der Waals surface area contributed by atoms with E-state index in [2.05, 4.69) is 10.3 Å². The summed E-state index contributed by atoms with van der Waals surface area (Å²) in [6.45, 7) is 0.914. The molecule has 1 aromatic rings. The fourth-order valence-electron chi connectivity index (χ4n) is 3.58. The van der Waals surface area contributed by atoms with Crippen LogP contribution >= 0.6 is 0 Å². The zero-order chi connectivity index (χ0) is 13.2. The van der Waals surface area contributed by atoms with E-state index in [4.69, 9.17) is 5.84 Å². The third kappa shape index (κ3) is 2.32. The first-order chi connectivity index (χ1) is 9.29. The average Bonchev–Trinajstić information content (AvgIpc) is 2.95. The lowest BCUT2D eigenvalue weighted by Gasteiger charge is -2.37. The van der Waals surface area contributed by atoms with Crippen LogP contribution in [0.15, 0.2) is 24.3 Å². The van der Waals surface area contributed by atoms with Crippen LogP contribution in [0.1, 0.15) is 42.5 Å². The van der Waals surface area contributed by atoms with E-state index in [1.165, 1.54) is 25.7 Å². The number of nitrogens with two attached hydrogens (primary N) is 1. The van der Waals surface area contributed by atoms with E-state index >= 15 is 0 Å². The van der Waals surface area contributed by atoms with Gasteiger partial charge in [-0.15, -0.1) is 0 Å². The number of carbonyl (C=O) groups is 1. The number of anilines is 1. The quantitative estimate of drug-likeness (QED) is 0.633. The summed E-state index contributed by atoms with van der Waals surface area (Å²) in [6.07, 6.45) is 6.19. The fraction of sp³-hybridized carbons (Fsp3) is 0.533. The third-order valence-corrected chi connectivity index (χ3v) is 4.55. The zero-order valence-electron chi connectivity index (χ0n) is 11.1. The number of nitrogens with one attached hydrogen (secondary N) is 1. The molecule has 0 bridgehead atoms. The van der Waals surface area contributed by atoms with Crippen molar-refractivity contribution in [2.24, 2.45) is 11.8 Å². The van der Waals surface area contributed by atoms with Gasteiger partial charge < -0.3 is 10.3 Å². The van der Waals surface area contributed by atoms with Crippen LogP contribution in [0, 0.1) is 5.92 Å². The van der Waals surface area contributed by atoms with Gasteiger partial charge in [0.05, 0.1) is 0 Å². The van der Waals surface area contributed by atoms with Gasteiger partial charge in [0.2, 0.25) is 0 Å². The Morgan fingerprint density at radius 1 is 1.16 bits per heavy atom. The number of fused-ring (bicyclic) bond motifs is 1. The highest BCUT2D eigenvalue weighted by atomic mass is 16.2. The summed E-state index contributed by atoms with van der Waals surface area (Å²) in [5.41, 5.74) is 4.18. The first-order valence-corrected chi connectivity index (χ1v) is 7.17. The van der Waals surface area contributed by atoms with E-state index in [9.17, 15) is 4.79 Å². The van der Waals surface area contributed by atoms with Crippen LogP contribution in [0.25, 0.3) is 0 Å². The van der Waals surface area contributed by atoms with Crippen molar-refractivity contribution in [3.63, 3.8) is 0 Å². The summed E-state index contributed by atoms with van der Waals surface area (Å²) in [7, 11) is 0. The Bertz CT molecular complexity index is 457. The molecule has 1 amide bonds. The summed E-state index contributed by atoms with van der Waals surface area (Å²) in [6, 6.07) is 7.90. The fourth-order valence-corrected chi connectivity index (χ4v) is 3.58. The van der Waals surface area contributed by atoms with Crippen LogP contribution in [0.2, 0.25) is 0 Å². The number of benzene rings is 1. The number of rotatable bonds is 2. The summed E-state index contributed by atoms with van der Waals surface area (Å²) < 4.78 is 0. The first kappa shape index (κ1) is 12.5. The molecule has 1 saturated carbocycles. The maximum atomic E-state index is 12.6. The molecule has 2 unspecified atom stereocenters. The molecule has 0 spiro atoms. The van der Waals surface area contributed by atoms with Gasteiger partial charge in [0, 0.05) is 23.8 Å². The lowest BCUT2D eigenvalue weighted by atomic mass is 9.91. The minimum Gasteiger partial charge on any atom is -0.335 e. The molecule has 2 atom stereocenters. The molecule has 0 aromatic heterocycles. The van der Waals surface area contributed by atoms with Crippen LogP contribution < -0.4 is 11.3 Å². The molecule has 0 radical (unpaired) electrons. The lowest BCUT2D eigenvalue weighted by Crippen LogP contribution is -2.46. The summed E-state index contributed by atoms with van der Waals surface area (Å²) in [5, 5.41) is 0. The summed E-state index contributed by atoms with van der Waals surface area (Å²) >= 11 is 0. The van der Waals surface area contributed by atoms with Gasteiger partial charge in [0.15, 0.2) is 0 Å². The van der Waals surface area contributed by atoms with Crippen LogP contribution in [0.4, 0.5) is 5.69 Å². The van der Waals surface area contributed by atoms with Crippen molar-refractivity contribution in [3.8, 4) is 0 Å². The molecule has 3 rings (SSSR count). The Kier molecular flexibility index (Phi) is 3.42. The highest BCUT2D eigenvalue weighted by Crippen LogP contribution is 2.37. The lowest BCUT2D eigenvalue weighted by molar-refractivity contribution is 0.0548. The molecular formula is C15H21N3O. The molecule has 4 nitrogen and oxygen atoms in total. The van der Waals surface area contributed by atoms with Crippen molar-refractivity contribution >= 4 is 11.6 Å². The Hall–Kier alpha value is -1.55. The van der Waals surface area contributed by atoms with Crippen molar-refractivity contribution in [2.45, 2.75) is 38.1 Å². The summed E-state index contributed by atoms with van der Waals surface area (Å²) in [5.74, 6) is 6.26. The van der Waals surface area contributed by atoms with E-state index in [0.29, 0.717) is 6.04 Å². The Morgan fingerprint density at radius 2 is 1.89 bits per heavy atom. The summed E-state index contributed by atoms with van der Waals surface area (Å²) in [4.78, 5) is 14.7. The van der Waals surface area contributed by atoms with Gasteiger partial charge in [-0.1, -0.05) is 6.42 Å². The monoisotopic (exact) mass is 259 g/mol. The standard InChI is InChI=1S/C15H21N3O/c16-17-13-8-6-12(7-9-13)15(19)18-10-2-4-11-3-1-5-14(11)18/h6-9,11,14,17H,1-5,10,16H2. The van der Waals surface area contributed by atoms with Crippen molar-refractivity contribution in [3.05, 3.63) is 29.8 Å². The second kappa shape index (κ2) is 5.21. The number of carbonyl (C=O) groups excluding carboxylic acids is 1. The Labute approximate surface area is 113 Å². The number of piperidine rings is 1. The molecule has 4 heteroatoms. The van der Waals surface area contributed by atoms with Crippen molar-refractivity contribution in [1.29, 1.82) is 0 Å². The second-order valence-electron chi connectivity index (χ2n) is 5.62. The van der Waals surface area contributed by atoms with Gasteiger partial charge in [-0.25, -0.2) is 0 Å². The number of amides is 1. The smallest absolute Gasteiger partial charge is 0.254 e. The Balaban J connectivity index is 1.78. The largest absolute Gasteiger partial charge is 0.335 e. The molecule has 1 aromatic carbocycles. The second-order valence-corrected chi connectivity index (χ2v) is 5.62. The first-order valence-electron chi connectivity index (χ1n) is 7.17. The number of nitrogen functional groups attached to an aromatic ring is 1. The predicted molar refractivity (Wildman–Crippen MR) is 75.7 cm³/mol. The molecule has 1 saturated heterocycles. The number of likely N-dealkylation sites (tertiary alicyclic amines) is 1. The molecule has 19 heavy (non-hydrogen) atoms. The molecule has 2 aliphatic rings. The van der Waals surface area contributed by atoms with Gasteiger partial charge in [0.1, 0.15) is 0 Å². The van der Waals surface area contributed by atoms with Crippen molar-refractivity contribution in [1.82, 2.24) is 4.90 Å².